The van der Waals surface area contributed by atoms with Crippen molar-refractivity contribution >= 4 is 17.7 Å². The van der Waals surface area contributed by atoms with Crippen LogP contribution in [0, 0.1) is 5.41 Å². The normalized spacial score (nSPS) is 11.7. The maximum absolute atomic E-state index is 11.7. The number of hydrogen-bond donors (Lipinski definition) is 0. The topological polar surface area (TPSA) is 69.9 Å². The number of nitrogens with zero attached hydrogens (tertiary/aromatic N) is 4. The lowest BCUT2D eigenvalue weighted by Crippen LogP contribution is -2.23. The van der Waals surface area contributed by atoms with Crippen LogP contribution in [0.4, 0.5) is 0 Å². The number of hydrogen-bond acceptors (Lipinski definition) is 6. The maximum atomic E-state index is 11.7. The summed E-state index contributed by atoms with van der Waals surface area (Å²) in [6.45, 7) is 6.30. The molecule has 0 saturated carbocycles. The monoisotopic (exact) mass is 586 g/mol. The molecule has 1 aromatic heterocycles. The number of esters is 1. The summed E-state index contributed by atoms with van der Waals surface area (Å²) >= 11 is 1.76. The van der Waals surface area contributed by atoms with Gasteiger partial charge in [0.05, 0.1) is 17.7 Å². The molecule has 0 aliphatic rings. The molecule has 0 fully saturated rings. The van der Waals surface area contributed by atoms with Crippen LogP contribution >= 0.6 is 11.8 Å². The first-order valence-electron chi connectivity index (χ1n) is 16.6. The van der Waals surface area contributed by atoms with E-state index in [0.717, 1.165) is 23.0 Å². The number of ether oxygens (including phenoxy) is 1. The van der Waals surface area contributed by atoms with Gasteiger partial charge in [0.25, 0.3) is 0 Å². The minimum absolute atomic E-state index is 0.0808. The van der Waals surface area contributed by atoms with Crippen LogP contribution in [0.15, 0.2) is 35.5 Å². The Hall–Kier alpha value is -1.89. The van der Waals surface area contributed by atoms with Crippen molar-refractivity contribution in [2.45, 2.75) is 154 Å². The molecule has 1 aromatic carbocycles. The summed E-state index contributed by atoms with van der Waals surface area (Å²) in [7, 11) is 0. The van der Waals surface area contributed by atoms with E-state index in [2.05, 4.69) is 15.5 Å². The number of benzene rings is 1. The van der Waals surface area contributed by atoms with Crippen molar-refractivity contribution in [3.8, 4) is 5.69 Å². The number of para-hydroxylation sites is 1. The minimum atomic E-state index is -0.380. The lowest BCUT2D eigenvalue weighted by Gasteiger charge is -2.16. The standard InChI is InChI=1S/C34H58N4O2S/c1-34(2,3)32(39)40-29-25-20-18-16-14-12-10-8-6-4-5-7-9-11-13-15-17-19-21-26-30-41-33-35-36-37-38(33)31-27-23-22-24-28-31/h22-24,27-28H,4-21,25-26,29-30H2,1-3H3. The van der Waals surface area contributed by atoms with Crippen molar-refractivity contribution in [3.05, 3.63) is 30.3 Å². The first kappa shape index (κ1) is 35.3. The summed E-state index contributed by atoms with van der Waals surface area (Å²) in [5.41, 5.74) is 0.638. The molecular formula is C34H58N4O2S. The van der Waals surface area contributed by atoms with Crippen molar-refractivity contribution in [1.29, 1.82) is 0 Å². The molecule has 0 saturated heterocycles. The van der Waals surface area contributed by atoms with Crippen molar-refractivity contribution in [2.75, 3.05) is 12.4 Å². The average molecular weight is 587 g/mol. The van der Waals surface area contributed by atoms with E-state index in [1.807, 2.05) is 55.8 Å². The van der Waals surface area contributed by atoms with Crippen molar-refractivity contribution in [3.63, 3.8) is 0 Å². The van der Waals surface area contributed by atoms with E-state index in [-0.39, 0.29) is 11.4 Å². The fraction of sp³-hybridized carbons (Fsp3) is 0.765. The number of carbonyl (C=O) groups excluding carboxylic acids is 1. The highest BCUT2D eigenvalue weighted by Gasteiger charge is 2.22. The van der Waals surface area contributed by atoms with Gasteiger partial charge in [-0.2, -0.15) is 4.68 Å². The molecule has 2 aromatic rings. The molecule has 41 heavy (non-hydrogen) atoms. The van der Waals surface area contributed by atoms with Crippen LogP contribution in [0.5, 0.6) is 0 Å². The Morgan fingerprint density at radius 2 is 1.12 bits per heavy atom. The van der Waals surface area contributed by atoms with E-state index >= 15 is 0 Å². The molecule has 0 unspecified atom stereocenters. The zero-order valence-corrected chi connectivity index (χ0v) is 27.3. The third-order valence-corrected chi connectivity index (χ3v) is 8.56. The van der Waals surface area contributed by atoms with Gasteiger partial charge in [0, 0.05) is 5.75 Å². The van der Waals surface area contributed by atoms with Crippen LogP contribution < -0.4 is 0 Å². The largest absolute Gasteiger partial charge is 0.465 e. The number of aromatic nitrogens is 4. The summed E-state index contributed by atoms with van der Waals surface area (Å²) < 4.78 is 7.16. The molecule has 0 atom stereocenters. The second kappa shape index (κ2) is 22.7. The van der Waals surface area contributed by atoms with Crippen LogP contribution in [-0.2, 0) is 9.53 Å². The van der Waals surface area contributed by atoms with Gasteiger partial charge >= 0.3 is 5.97 Å². The third kappa shape index (κ3) is 17.6. The summed E-state index contributed by atoms with van der Waals surface area (Å²) in [4.78, 5) is 11.7. The zero-order valence-electron chi connectivity index (χ0n) is 26.5. The van der Waals surface area contributed by atoms with Gasteiger partial charge in [-0.1, -0.05) is 146 Å². The van der Waals surface area contributed by atoms with E-state index in [1.165, 1.54) is 122 Å². The van der Waals surface area contributed by atoms with Gasteiger partial charge in [0.2, 0.25) is 5.16 Å². The van der Waals surface area contributed by atoms with E-state index < -0.39 is 0 Å². The Balaban J connectivity index is 1.24. The summed E-state index contributed by atoms with van der Waals surface area (Å²) in [6, 6.07) is 10.1. The highest BCUT2D eigenvalue weighted by molar-refractivity contribution is 7.99. The second-order valence-corrected chi connectivity index (χ2v) is 13.6. The molecule has 0 bridgehead atoms. The highest BCUT2D eigenvalue weighted by atomic mass is 32.2. The molecule has 6 nitrogen and oxygen atoms in total. The quantitative estimate of drug-likeness (QED) is 0.0655. The highest BCUT2D eigenvalue weighted by Crippen LogP contribution is 2.21. The Kier molecular flexibility index (Phi) is 19.5. The molecule has 7 heteroatoms. The van der Waals surface area contributed by atoms with Gasteiger partial charge in [-0.3, -0.25) is 4.79 Å². The van der Waals surface area contributed by atoms with Gasteiger partial charge in [-0.25, -0.2) is 0 Å². The lowest BCUT2D eigenvalue weighted by molar-refractivity contribution is -0.153. The maximum Gasteiger partial charge on any atom is 0.311 e. The fourth-order valence-electron chi connectivity index (χ4n) is 4.93. The summed E-state index contributed by atoms with van der Waals surface area (Å²) in [6.07, 6.45) is 26.9. The Labute approximate surface area is 255 Å². The predicted molar refractivity (Wildman–Crippen MR) is 173 cm³/mol. The lowest BCUT2D eigenvalue weighted by atomic mass is 9.97. The fourth-order valence-corrected chi connectivity index (χ4v) is 5.82. The SMILES string of the molecule is CC(C)(C)C(=O)OCCCCCCCCCCCCCCCCCCCCCCSc1nnnn1-c1ccccc1. The smallest absolute Gasteiger partial charge is 0.311 e. The minimum Gasteiger partial charge on any atom is -0.465 e. The predicted octanol–water partition coefficient (Wildman–Crippen LogP) is 10.1. The van der Waals surface area contributed by atoms with Crippen LogP contribution in [-0.4, -0.2) is 38.5 Å². The number of unbranched alkanes of at least 4 members (excludes halogenated alkanes) is 19. The molecule has 0 aliphatic heterocycles. The van der Waals surface area contributed by atoms with Gasteiger partial charge in [-0.05, 0) is 56.2 Å². The van der Waals surface area contributed by atoms with Crippen LogP contribution in [0.25, 0.3) is 5.69 Å². The van der Waals surface area contributed by atoms with Crippen molar-refractivity contribution in [2.24, 2.45) is 5.41 Å². The Morgan fingerprint density at radius 1 is 0.683 bits per heavy atom. The Bertz CT molecular complexity index is 898. The van der Waals surface area contributed by atoms with Crippen LogP contribution in [0.1, 0.15) is 149 Å². The number of rotatable bonds is 25. The molecule has 0 spiro atoms. The van der Waals surface area contributed by atoms with E-state index in [4.69, 9.17) is 4.74 Å². The second-order valence-electron chi connectivity index (χ2n) is 12.5. The molecule has 0 aliphatic carbocycles. The van der Waals surface area contributed by atoms with Crippen LogP contribution in [0.2, 0.25) is 0 Å². The van der Waals surface area contributed by atoms with Gasteiger partial charge < -0.3 is 4.74 Å². The third-order valence-electron chi connectivity index (χ3n) is 7.56. The molecule has 232 valence electrons. The van der Waals surface area contributed by atoms with Gasteiger partial charge in [-0.15, -0.1) is 5.10 Å². The van der Waals surface area contributed by atoms with Gasteiger partial charge in [0.15, 0.2) is 0 Å². The first-order valence-corrected chi connectivity index (χ1v) is 17.6. The number of tetrazole rings is 1. The molecule has 2 rings (SSSR count). The molecule has 0 N–H and O–H groups in total. The van der Waals surface area contributed by atoms with Crippen LogP contribution in [0.3, 0.4) is 0 Å². The molecule has 1 heterocycles. The summed E-state index contributed by atoms with van der Waals surface area (Å²) in [5, 5.41) is 13.0. The number of thioether (sulfide) groups is 1. The molecule has 0 radical (unpaired) electrons. The van der Waals surface area contributed by atoms with Crippen molar-refractivity contribution in [1.82, 2.24) is 20.2 Å². The first-order chi connectivity index (χ1) is 20.0. The Morgan fingerprint density at radius 3 is 1.59 bits per heavy atom. The average Bonchev–Trinajstić information content (AvgIpc) is 3.43. The van der Waals surface area contributed by atoms with E-state index in [1.54, 1.807) is 11.8 Å². The zero-order chi connectivity index (χ0) is 29.4. The van der Waals surface area contributed by atoms with E-state index in [9.17, 15) is 4.79 Å². The number of carbonyl (C=O) groups is 1. The van der Waals surface area contributed by atoms with E-state index in [0.29, 0.717) is 6.61 Å². The summed E-state index contributed by atoms with van der Waals surface area (Å²) in [5.74, 6) is 0.995. The molecular weight excluding hydrogens is 528 g/mol. The van der Waals surface area contributed by atoms with Crippen molar-refractivity contribution < 1.29 is 9.53 Å². The van der Waals surface area contributed by atoms with Gasteiger partial charge in [0.1, 0.15) is 0 Å². The molecule has 0 amide bonds.